The molecule has 0 N–H and O–H groups in total. The summed E-state index contributed by atoms with van der Waals surface area (Å²) in [5.41, 5.74) is 4.56. The number of carbonyl (C=O) groups excluding carboxylic acids is 1. The van der Waals surface area contributed by atoms with Gasteiger partial charge >= 0.3 is 0 Å². The average Bonchev–Trinajstić information content (AvgIpc) is 3.04. The number of benzene rings is 2. The standard InChI is InChI=1S/C27H29ClN6O/c1-4-23-29-25(24-19(3)31-34(26(24)30-23)22-9-6-5-8-18(22)2)32-14-7-15-33(17-16-32)27(35)20-10-12-21(28)13-11-20/h5-6,8-13H,4,7,14-17H2,1-3H3. The maximum atomic E-state index is 13.1. The zero-order valence-electron chi connectivity index (χ0n) is 20.3. The third-order valence-electron chi connectivity index (χ3n) is 6.56. The highest BCUT2D eigenvalue weighted by Crippen LogP contribution is 2.30. The van der Waals surface area contributed by atoms with Crippen molar-refractivity contribution in [1.82, 2.24) is 24.6 Å². The molecular weight excluding hydrogens is 460 g/mol. The van der Waals surface area contributed by atoms with E-state index in [1.807, 2.05) is 28.6 Å². The first-order valence-corrected chi connectivity index (χ1v) is 12.5. The van der Waals surface area contributed by atoms with E-state index in [0.29, 0.717) is 30.2 Å². The number of hydrogen-bond donors (Lipinski definition) is 0. The van der Waals surface area contributed by atoms with Crippen molar-refractivity contribution in [1.29, 1.82) is 0 Å². The van der Waals surface area contributed by atoms with Crippen LogP contribution in [0.3, 0.4) is 0 Å². The molecule has 1 amide bonds. The van der Waals surface area contributed by atoms with E-state index in [-0.39, 0.29) is 5.91 Å². The molecule has 5 rings (SSSR count). The molecule has 1 aliphatic rings. The quantitative estimate of drug-likeness (QED) is 0.404. The Bertz CT molecular complexity index is 1380. The number of amides is 1. The minimum Gasteiger partial charge on any atom is -0.354 e. The number of nitrogens with zero attached hydrogens (tertiary/aromatic N) is 6. The van der Waals surface area contributed by atoms with Crippen LogP contribution in [0.5, 0.6) is 0 Å². The fourth-order valence-electron chi connectivity index (χ4n) is 4.67. The van der Waals surface area contributed by atoms with Gasteiger partial charge in [0.2, 0.25) is 0 Å². The van der Waals surface area contributed by atoms with Gasteiger partial charge < -0.3 is 9.80 Å². The van der Waals surface area contributed by atoms with Crippen molar-refractivity contribution in [3.63, 3.8) is 0 Å². The number of aromatic nitrogens is 4. The van der Waals surface area contributed by atoms with E-state index in [0.717, 1.165) is 59.0 Å². The van der Waals surface area contributed by atoms with E-state index in [2.05, 4.69) is 30.9 Å². The summed E-state index contributed by atoms with van der Waals surface area (Å²) in [5, 5.41) is 6.48. The summed E-state index contributed by atoms with van der Waals surface area (Å²) in [4.78, 5) is 27.1. The highest BCUT2D eigenvalue weighted by Gasteiger charge is 2.25. The molecule has 1 fully saturated rings. The summed E-state index contributed by atoms with van der Waals surface area (Å²) in [6.45, 7) is 9.01. The fourth-order valence-corrected chi connectivity index (χ4v) is 4.79. The predicted molar refractivity (Wildman–Crippen MR) is 140 cm³/mol. The van der Waals surface area contributed by atoms with Crippen molar-refractivity contribution in [3.8, 4) is 5.69 Å². The number of aryl methyl sites for hydroxylation is 3. The van der Waals surface area contributed by atoms with Crippen LogP contribution in [-0.4, -0.2) is 56.7 Å². The molecule has 0 radical (unpaired) electrons. The van der Waals surface area contributed by atoms with Crippen molar-refractivity contribution < 1.29 is 4.79 Å². The van der Waals surface area contributed by atoms with Crippen LogP contribution in [0.2, 0.25) is 5.02 Å². The number of carbonyl (C=O) groups is 1. The summed E-state index contributed by atoms with van der Waals surface area (Å²) in [6, 6.07) is 15.3. The highest BCUT2D eigenvalue weighted by atomic mass is 35.5. The van der Waals surface area contributed by atoms with E-state index in [4.69, 9.17) is 26.7 Å². The third-order valence-corrected chi connectivity index (χ3v) is 6.82. The van der Waals surface area contributed by atoms with E-state index in [9.17, 15) is 4.79 Å². The van der Waals surface area contributed by atoms with Gasteiger partial charge in [-0.1, -0.05) is 36.7 Å². The number of rotatable bonds is 4. The molecule has 2 aromatic heterocycles. The van der Waals surface area contributed by atoms with E-state index in [1.54, 1.807) is 24.3 Å². The lowest BCUT2D eigenvalue weighted by atomic mass is 10.2. The largest absolute Gasteiger partial charge is 0.354 e. The topological polar surface area (TPSA) is 67.2 Å². The van der Waals surface area contributed by atoms with Gasteiger partial charge in [0.1, 0.15) is 11.6 Å². The molecule has 35 heavy (non-hydrogen) atoms. The Hall–Kier alpha value is -3.45. The molecule has 7 nitrogen and oxygen atoms in total. The van der Waals surface area contributed by atoms with Gasteiger partial charge in [0.25, 0.3) is 5.91 Å². The number of hydrogen-bond acceptors (Lipinski definition) is 5. The number of fused-ring (bicyclic) bond motifs is 1. The van der Waals surface area contributed by atoms with Crippen LogP contribution >= 0.6 is 11.6 Å². The second-order valence-electron chi connectivity index (χ2n) is 8.94. The second kappa shape index (κ2) is 9.66. The van der Waals surface area contributed by atoms with Crippen LogP contribution in [0.4, 0.5) is 5.82 Å². The molecule has 3 heterocycles. The monoisotopic (exact) mass is 488 g/mol. The van der Waals surface area contributed by atoms with E-state index < -0.39 is 0 Å². The van der Waals surface area contributed by atoms with Crippen molar-refractivity contribution in [2.24, 2.45) is 0 Å². The maximum Gasteiger partial charge on any atom is 0.253 e. The summed E-state index contributed by atoms with van der Waals surface area (Å²) in [5.74, 6) is 1.74. The Labute approximate surface area is 210 Å². The molecular formula is C27H29ClN6O. The smallest absolute Gasteiger partial charge is 0.253 e. The van der Waals surface area contributed by atoms with Crippen LogP contribution in [0.1, 0.15) is 40.8 Å². The zero-order valence-corrected chi connectivity index (χ0v) is 21.1. The number of anilines is 1. The fraction of sp³-hybridized carbons (Fsp3) is 0.333. The van der Waals surface area contributed by atoms with Gasteiger partial charge in [-0.05, 0) is 56.2 Å². The van der Waals surface area contributed by atoms with Gasteiger partial charge in [0.05, 0.1) is 16.8 Å². The Morgan fingerprint density at radius 1 is 0.971 bits per heavy atom. The van der Waals surface area contributed by atoms with E-state index in [1.165, 1.54) is 0 Å². The first-order valence-electron chi connectivity index (χ1n) is 12.1. The van der Waals surface area contributed by atoms with Crippen LogP contribution < -0.4 is 4.90 Å². The van der Waals surface area contributed by atoms with Gasteiger partial charge in [-0.2, -0.15) is 5.10 Å². The molecule has 8 heteroatoms. The van der Waals surface area contributed by atoms with Crippen molar-refractivity contribution in [2.75, 3.05) is 31.1 Å². The second-order valence-corrected chi connectivity index (χ2v) is 9.38. The lowest BCUT2D eigenvalue weighted by Crippen LogP contribution is -2.35. The predicted octanol–water partition coefficient (Wildman–Crippen LogP) is 5.00. The van der Waals surface area contributed by atoms with Crippen LogP contribution in [0, 0.1) is 13.8 Å². The lowest BCUT2D eigenvalue weighted by molar-refractivity contribution is 0.0767. The molecule has 4 aromatic rings. The zero-order chi connectivity index (χ0) is 24.5. The minimum absolute atomic E-state index is 0.0363. The summed E-state index contributed by atoms with van der Waals surface area (Å²) in [7, 11) is 0. The average molecular weight is 489 g/mol. The Morgan fingerprint density at radius 3 is 2.49 bits per heavy atom. The van der Waals surface area contributed by atoms with Crippen molar-refractivity contribution in [3.05, 3.63) is 76.2 Å². The molecule has 0 spiro atoms. The van der Waals surface area contributed by atoms with Gasteiger partial charge in [-0.15, -0.1) is 0 Å². The van der Waals surface area contributed by atoms with Gasteiger partial charge in [-0.3, -0.25) is 4.79 Å². The summed E-state index contributed by atoms with van der Waals surface area (Å²) >= 11 is 6.00. The van der Waals surface area contributed by atoms with Gasteiger partial charge in [-0.25, -0.2) is 14.6 Å². The normalized spacial score (nSPS) is 14.4. The van der Waals surface area contributed by atoms with Crippen molar-refractivity contribution >= 4 is 34.4 Å². The molecule has 0 unspecified atom stereocenters. The Balaban J connectivity index is 1.49. The first kappa shape index (κ1) is 23.3. The molecule has 1 aliphatic heterocycles. The summed E-state index contributed by atoms with van der Waals surface area (Å²) < 4.78 is 1.94. The molecule has 0 aliphatic carbocycles. The van der Waals surface area contributed by atoms with Gasteiger partial charge in [0.15, 0.2) is 5.65 Å². The van der Waals surface area contributed by atoms with Crippen LogP contribution in [-0.2, 0) is 6.42 Å². The SMILES string of the molecule is CCc1nc(N2CCCN(C(=O)c3ccc(Cl)cc3)CC2)c2c(C)nn(-c3ccccc3C)c2n1. The number of para-hydroxylation sites is 1. The highest BCUT2D eigenvalue weighted by molar-refractivity contribution is 6.30. The molecule has 1 saturated heterocycles. The van der Waals surface area contributed by atoms with Crippen molar-refractivity contribution in [2.45, 2.75) is 33.6 Å². The minimum atomic E-state index is 0.0363. The molecule has 0 bridgehead atoms. The van der Waals surface area contributed by atoms with Gasteiger partial charge in [0, 0.05) is 43.2 Å². The summed E-state index contributed by atoms with van der Waals surface area (Å²) in [6.07, 6.45) is 1.59. The van der Waals surface area contributed by atoms with Crippen LogP contribution in [0.15, 0.2) is 48.5 Å². The Morgan fingerprint density at radius 2 is 1.74 bits per heavy atom. The third kappa shape index (κ3) is 4.48. The molecule has 180 valence electrons. The van der Waals surface area contributed by atoms with Crippen LogP contribution in [0.25, 0.3) is 16.7 Å². The molecule has 0 atom stereocenters. The first-order chi connectivity index (χ1) is 17.0. The molecule has 2 aromatic carbocycles. The molecule has 0 saturated carbocycles. The number of halogens is 1. The van der Waals surface area contributed by atoms with E-state index >= 15 is 0 Å². The lowest BCUT2D eigenvalue weighted by Gasteiger charge is -2.24. The maximum absolute atomic E-state index is 13.1. The Kier molecular flexibility index (Phi) is 6.43.